The summed E-state index contributed by atoms with van der Waals surface area (Å²) in [7, 11) is 0. The first kappa shape index (κ1) is 7.03. The summed E-state index contributed by atoms with van der Waals surface area (Å²) in [5.74, 6) is 0.900. The van der Waals surface area contributed by atoms with Crippen molar-refractivity contribution in [3.8, 4) is 0 Å². The number of nitrogens with zero attached hydrogens (tertiary/aromatic N) is 1. The van der Waals surface area contributed by atoms with Crippen molar-refractivity contribution in [3.63, 3.8) is 0 Å². The van der Waals surface area contributed by atoms with Crippen molar-refractivity contribution in [2.24, 2.45) is 11.7 Å². The molecule has 1 aliphatic rings. The topological polar surface area (TPSA) is 29.3 Å². The summed E-state index contributed by atoms with van der Waals surface area (Å²) in [5.41, 5.74) is 5.41. The first-order valence-corrected chi connectivity index (χ1v) is 3.75. The second-order valence-electron chi connectivity index (χ2n) is 2.98. The summed E-state index contributed by atoms with van der Waals surface area (Å²) in [4.78, 5) is 2.44. The molecule has 0 aliphatic carbocycles. The molecule has 1 fully saturated rings. The zero-order valence-corrected chi connectivity index (χ0v) is 6.14. The van der Waals surface area contributed by atoms with Crippen LogP contribution in [0.15, 0.2) is 0 Å². The number of rotatable bonds is 2. The van der Waals surface area contributed by atoms with E-state index in [1.54, 1.807) is 0 Å². The van der Waals surface area contributed by atoms with Gasteiger partial charge in [0.15, 0.2) is 0 Å². The minimum atomic E-state index is 0.812. The van der Waals surface area contributed by atoms with Gasteiger partial charge >= 0.3 is 0 Å². The van der Waals surface area contributed by atoms with Crippen LogP contribution in [0.5, 0.6) is 0 Å². The molecule has 9 heavy (non-hydrogen) atoms. The van der Waals surface area contributed by atoms with Crippen molar-refractivity contribution < 1.29 is 0 Å². The molecule has 1 unspecified atom stereocenters. The highest BCUT2D eigenvalue weighted by Crippen LogP contribution is 2.13. The van der Waals surface area contributed by atoms with Crippen molar-refractivity contribution in [2.45, 2.75) is 13.3 Å². The Bertz CT molecular complexity index is 81.0. The molecule has 1 rings (SSSR count). The lowest BCUT2D eigenvalue weighted by atomic mass is 10.2. The lowest BCUT2D eigenvalue weighted by Gasteiger charge is -2.12. The van der Waals surface area contributed by atoms with E-state index in [0.717, 1.165) is 19.0 Å². The molecule has 2 nitrogen and oxygen atoms in total. The molecule has 54 valence electrons. The number of hydrogen-bond acceptors (Lipinski definition) is 2. The molecule has 0 amide bonds. The molecule has 0 radical (unpaired) electrons. The lowest BCUT2D eigenvalue weighted by Crippen LogP contribution is -2.26. The number of nitrogens with two attached hydrogens (primary N) is 1. The van der Waals surface area contributed by atoms with Crippen molar-refractivity contribution in [3.05, 3.63) is 0 Å². The summed E-state index contributed by atoms with van der Waals surface area (Å²) in [5, 5.41) is 0. The monoisotopic (exact) mass is 128 g/mol. The summed E-state index contributed by atoms with van der Waals surface area (Å²) in [6.45, 7) is 6.73. The SMILES string of the molecule is CC1CCN(CCN)C1. The molecular weight excluding hydrogens is 112 g/mol. The number of likely N-dealkylation sites (tertiary alicyclic amines) is 1. The van der Waals surface area contributed by atoms with Crippen molar-refractivity contribution in [1.82, 2.24) is 4.90 Å². The first-order valence-electron chi connectivity index (χ1n) is 3.75. The van der Waals surface area contributed by atoms with Crippen LogP contribution < -0.4 is 5.73 Å². The molecule has 0 aromatic rings. The molecule has 0 aromatic heterocycles. The van der Waals surface area contributed by atoms with Gasteiger partial charge in [0.05, 0.1) is 0 Å². The molecule has 2 N–H and O–H groups in total. The highest BCUT2D eigenvalue weighted by atomic mass is 15.1. The highest BCUT2D eigenvalue weighted by molar-refractivity contribution is 4.71. The van der Waals surface area contributed by atoms with E-state index in [1.165, 1.54) is 19.5 Å². The van der Waals surface area contributed by atoms with Crippen molar-refractivity contribution in [2.75, 3.05) is 26.2 Å². The van der Waals surface area contributed by atoms with Crippen LogP contribution in [0.3, 0.4) is 0 Å². The maximum Gasteiger partial charge on any atom is 0.0105 e. The van der Waals surface area contributed by atoms with E-state index in [2.05, 4.69) is 11.8 Å². The van der Waals surface area contributed by atoms with Crippen molar-refractivity contribution >= 4 is 0 Å². The Morgan fingerprint density at radius 1 is 1.67 bits per heavy atom. The number of hydrogen-bond donors (Lipinski definition) is 1. The Balaban J connectivity index is 2.14. The quantitative estimate of drug-likeness (QED) is 0.579. The van der Waals surface area contributed by atoms with Gasteiger partial charge in [0.1, 0.15) is 0 Å². The van der Waals surface area contributed by atoms with Crippen LogP contribution in [-0.4, -0.2) is 31.1 Å². The van der Waals surface area contributed by atoms with Crippen LogP contribution >= 0.6 is 0 Å². The second-order valence-corrected chi connectivity index (χ2v) is 2.98. The predicted molar refractivity (Wildman–Crippen MR) is 39.3 cm³/mol. The van der Waals surface area contributed by atoms with E-state index < -0.39 is 0 Å². The average Bonchev–Trinajstić information content (AvgIpc) is 2.17. The first-order chi connectivity index (χ1) is 4.33. The zero-order chi connectivity index (χ0) is 6.69. The zero-order valence-electron chi connectivity index (χ0n) is 6.14. The molecule has 0 bridgehead atoms. The molecular formula is C7H16N2. The molecule has 1 atom stereocenters. The second kappa shape index (κ2) is 3.18. The van der Waals surface area contributed by atoms with Gasteiger partial charge in [-0.1, -0.05) is 6.92 Å². The fourth-order valence-electron chi connectivity index (χ4n) is 1.41. The maximum absolute atomic E-state index is 5.41. The van der Waals surface area contributed by atoms with Gasteiger partial charge in [0.25, 0.3) is 0 Å². The van der Waals surface area contributed by atoms with Gasteiger partial charge in [-0.15, -0.1) is 0 Å². The normalized spacial score (nSPS) is 29.3. The fourth-order valence-corrected chi connectivity index (χ4v) is 1.41. The van der Waals surface area contributed by atoms with Crippen LogP contribution in [0.25, 0.3) is 0 Å². The van der Waals surface area contributed by atoms with Gasteiger partial charge in [-0.05, 0) is 18.9 Å². The van der Waals surface area contributed by atoms with E-state index in [-0.39, 0.29) is 0 Å². The molecule has 0 spiro atoms. The summed E-state index contributed by atoms with van der Waals surface area (Å²) in [6.07, 6.45) is 1.36. The Kier molecular flexibility index (Phi) is 2.49. The molecule has 2 heteroatoms. The van der Waals surface area contributed by atoms with Gasteiger partial charge in [-0.2, -0.15) is 0 Å². The minimum absolute atomic E-state index is 0.812. The van der Waals surface area contributed by atoms with Crippen LogP contribution in [0.4, 0.5) is 0 Å². The third-order valence-electron chi connectivity index (χ3n) is 1.95. The van der Waals surface area contributed by atoms with Gasteiger partial charge in [0, 0.05) is 19.6 Å². The minimum Gasteiger partial charge on any atom is -0.329 e. The third-order valence-corrected chi connectivity index (χ3v) is 1.95. The highest BCUT2D eigenvalue weighted by Gasteiger charge is 2.16. The molecule has 0 saturated carbocycles. The summed E-state index contributed by atoms with van der Waals surface area (Å²) in [6, 6.07) is 0. The smallest absolute Gasteiger partial charge is 0.0105 e. The Hall–Kier alpha value is -0.0800. The molecule has 1 saturated heterocycles. The lowest BCUT2D eigenvalue weighted by molar-refractivity contribution is 0.337. The largest absolute Gasteiger partial charge is 0.329 e. The van der Waals surface area contributed by atoms with E-state index in [1.807, 2.05) is 0 Å². The molecule has 1 heterocycles. The average molecular weight is 128 g/mol. The maximum atomic E-state index is 5.41. The third kappa shape index (κ3) is 1.95. The van der Waals surface area contributed by atoms with E-state index in [9.17, 15) is 0 Å². The Labute approximate surface area is 57.0 Å². The van der Waals surface area contributed by atoms with Crippen molar-refractivity contribution in [1.29, 1.82) is 0 Å². The van der Waals surface area contributed by atoms with Gasteiger partial charge in [-0.25, -0.2) is 0 Å². The van der Waals surface area contributed by atoms with Gasteiger partial charge in [0.2, 0.25) is 0 Å². The van der Waals surface area contributed by atoms with E-state index >= 15 is 0 Å². The van der Waals surface area contributed by atoms with Crippen LogP contribution in [0, 0.1) is 5.92 Å². The summed E-state index contributed by atoms with van der Waals surface area (Å²) >= 11 is 0. The fraction of sp³-hybridized carbons (Fsp3) is 1.00. The van der Waals surface area contributed by atoms with E-state index in [4.69, 9.17) is 5.73 Å². The van der Waals surface area contributed by atoms with Gasteiger partial charge in [-0.3, -0.25) is 0 Å². The van der Waals surface area contributed by atoms with Crippen LogP contribution in [0.1, 0.15) is 13.3 Å². The molecule has 0 aromatic carbocycles. The standard InChI is InChI=1S/C7H16N2/c1-7-2-4-9(6-7)5-3-8/h7H,2-6,8H2,1H3. The predicted octanol–water partition coefficient (Wildman–Crippen LogP) is 0.287. The Morgan fingerprint density at radius 3 is 2.89 bits per heavy atom. The summed E-state index contributed by atoms with van der Waals surface area (Å²) < 4.78 is 0. The van der Waals surface area contributed by atoms with Crippen LogP contribution in [0.2, 0.25) is 0 Å². The van der Waals surface area contributed by atoms with Crippen LogP contribution in [-0.2, 0) is 0 Å². The van der Waals surface area contributed by atoms with E-state index in [0.29, 0.717) is 0 Å². The molecule has 1 aliphatic heterocycles. The van der Waals surface area contributed by atoms with Gasteiger partial charge < -0.3 is 10.6 Å². The Morgan fingerprint density at radius 2 is 2.44 bits per heavy atom.